The van der Waals surface area contributed by atoms with Gasteiger partial charge in [-0.25, -0.2) is 9.37 Å². The summed E-state index contributed by atoms with van der Waals surface area (Å²) in [6.07, 6.45) is 2.22. The summed E-state index contributed by atoms with van der Waals surface area (Å²) < 4.78 is 13.7. The second-order valence-corrected chi connectivity index (χ2v) is 5.29. The largest absolute Gasteiger partial charge is 0.400 e. The Labute approximate surface area is 139 Å². The monoisotopic (exact) mass is 330 g/mol. The van der Waals surface area contributed by atoms with E-state index >= 15 is 0 Å². The molecule has 0 atom stereocenters. The number of halogens is 1. The molecule has 0 amide bonds. The molecule has 2 aromatic rings. The first-order valence-corrected chi connectivity index (χ1v) is 7.65. The lowest BCUT2D eigenvalue weighted by Crippen LogP contribution is -2.26. The van der Waals surface area contributed by atoms with Crippen molar-refractivity contribution < 1.29 is 9.50 Å². The second kappa shape index (κ2) is 8.22. The van der Waals surface area contributed by atoms with Crippen LogP contribution in [0.2, 0.25) is 0 Å². The molecule has 24 heavy (non-hydrogen) atoms. The minimum absolute atomic E-state index is 0.0270. The van der Waals surface area contributed by atoms with Crippen LogP contribution in [-0.2, 0) is 6.42 Å². The van der Waals surface area contributed by atoms with E-state index in [0.29, 0.717) is 17.2 Å². The minimum atomic E-state index is -0.467. The van der Waals surface area contributed by atoms with Gasteiger partial charge < -0.3 is 15.0 Å². The van der Waals surface area contributed by atoms with Crippen LogP contribution in [0.4, 0.5) is 10.2 Å². The van der Waals surface area contributed by atoms with Gasteiger partial charge in [-0.3, -0.25) is 4.79 Å². The molecule has 1 aromatic carbocycles. The number of nitriles is 1. The fraction of sp³-hybridized carbons (Fsp3) is 0.353. The number of H-pyrrole nitrogens is 1. The summed E-state index contributed by atoms with van der Waals surface area (Å²) >= 11 is 0. The summed E-state index contributed by atoms with van der Waals surface area (Å²) in [4.78, 5) is 21.0. The molecule has 0 aliphatic carbocycles. The van der Waals surface area contributed by atoms with E-state index < -0.39 is 5.56 Å². The molecule has 7 heteroatoms. The first kappa shape index (κ1) is 17.6. The van der Waals surface area contributed by atoms with Crippen molar-refractivity contribution in [3.8, 4) is 6.07 Å². The average molecular weight is 330 g/mol. The van der Waals surface area contributed by atoms with Gasteiger partial charge in [0.05, 0.1) is 0 Å². The van der Waals surface area contributed by atoms with Crippen molar-refractivity contribution >= 4 is 5.82 Å². The van der Waals surface area contributed by atoms with E-state index in [1.165, 1.54) is 6.07 Å². The third-order valence-electron chi connectivity index (χ3n) is 3.78. The lowest BCUT2D eigenvalue weighted by Gasteiger charge is -2.18. The summed E-state index contributed by atoms with van der Waals surface area (Å²) in [7, 11) is 1.00. The van der Waals surface area contributed by atoms with Gasteiger partial charge in [0.2, 0.25) is 0 Å². The Morgan fingerprint density at radius 1 is 1.33 bits per heavy atom. The smallest absolute Gasteiger partial charge is 0.271 e. The molecule has 1 aliphatic rings. The van der Waals surface area contributed by atoms with Crippen molar-refractivity contribution in [2.75, 3.05) is 25.1 Å². The zero-order chi connectivity index (χ0) is 17.5. The van der Waals surface area contributed by atoms with Crippen molar-refractivity contribution in [3.63, 3.8) is 0 Å². The Morgan fingerprint density at radius 2 is 2.00 bits per heavy atom. The molecule has 6 nitrogen and oxygen atoms in total. The standard InChI is InChI=1S/C16H15FN4O.CH4O/c17-13-6-2-1-5-11(13)9-14-19-15(21-7-3-4-8-21)12(10-18)16(22)20-14;1-2/h1-2,5-6H,3-4,7-9H2,(H,19,20,22);2H,1H3. The lowest BCUT2D eigenvalue weighted by atomic mass is 10.1. The van der Waals surface area contributed by atoms with E-state index in [1.807, 2.05) is 11.0 Å². The first-order chi connectivity index (χ1) is 11.7. The SMILES string of the molecule is CO.N#Cc1c(N2CCCC2)nc(Cc2ccccc2F)[nH]c1=O. The molecule has 2 heterocycles. The molecule has 0 radical (unpaired) electrons. The van der Waals surface area contributed by atoms with Gasteiger partial charge in [0.1, 0.15) is 17.7 Å². The summed E-state index contributed by atoms with van der Waals surface area (Å²) in [5.41, 5.74) is 0.0210. The molecule has 1 aromatic heterocycles. The van der Waals surface area contributed by atoms with E-state index in [0.717, 1.165) is 33.0 Å². The van der Waals surface area contributed by atoms with Gasteiger partial charge in [0.25, 0.3) is 5.56 Å². The molecule has 0 bridgehead atoms. The van der Waals surface area contributed by atoms with Gasteiger partial charge in [-0.1, -0.05) is 18.2 Å². The molecular weight excluding hydrogens is 311 g/mol. The van der Waals surface area contributed by atoms with Crippen molar-refractivity contribution in [3.05, 3.63) is 57.4 Å². The van der Waals surface area contributed by atoms with Gasteiger partial charge in [0, 0.05) is 26.6 Å². The Kier molecular flexibility index (Phi) is 6.04. The fourth-order valence-electron chi connectivity index (χ4n) is 2.67. The number of aliphatic hydroxyl groups excluding tert-OH is 1. The molecule has 1 fully saturated rings. The highest BCUT2D eigenvalue weighted by Gasteiger charge is 2.21. The summed E-state index contributed by atoms with van der Waals surface area (Å²) in [6.45, 7) is 1.56. The quantitative estimate of drug-likeness (QED) is 0.891. The molecule has 2 N–H and O–H groups in total. The molecular formula is C17H19FN4O2. The highest BCUT2D eigenvalue weighted by molar-refractivity contribution is 5.53. The predicted molar refractivity (Wildman–Crippen MR) is 88.4 cm³/mol. The Hall–Kier alpha value is -2.72. The fourth-order valence-corrected chi connectivity index (χ4v) is 2.67. The highest BCUT2D eigenvalue weighted by atomic mass is 19.1. The Morgan fingerprint density at radius 3 is 2.62 bits per heavy atom. The van der Waals surface area contributed by atoms with Gasteiger partial charge in [-0.15, -0.1) is 0 Å². The minimum Gasteiger partial charge on any atom is -0.400 e. The maximum Gasteiger partial charge on any atom is 0.271 e. The number of benzene rings is 1. The van der Waals surface area contributed by atoms with Crippen molar-refractivity contribution in [2.24, 2.45) is 0 Å². The summed E-state index contributed by atoms with van der Waals surface area (Å²) in [5.74, 6) is 0.448. The van der Waals surface area contributed by atoms with Crippen LogP contribution in [0.1, 0.15) is 29.8 Å². The number of rotatable bonds is 3. The topological polar surface area (TPSA) is 93.0 Å². The van der Waals surface area contributed by atoms with E-state index in [2.05, 4.69) is 9.97 Å². The number of nitrogens with zero attached hydrogens (tertiary/aromatic N) is 3. The third-order valence-corrected chi connectivity index (χ3v) is 3.78. The van der Waals surface area contributed by atoms with Crippen LogP contribution >= 0.6 is 0 Å². The first-order valence-electron chi connectivity index (χ1n) is 7.65. The number of aromatic amines is 1. The zero-order valence-electron chi connectivity index (χ0n) is 13.4. The van der Waals surface area contributed by atoms with Crippen LogP contribution < -0.4 is 10.5 Å². The highest BCUT2D eigenvalue weighted by Crippen LogP contribution is 2.20. The lowest BCUT2D eigenvalue weighted by molar-refractivity contribution is 0.399. The molecule has 0 unspecified atom stereocenters. The zero-order valence-corrected chi connectivity index (χ0v) is 13.4. The molecule has 1 saturated heterocycles. The van der Waals surface area contributed by atoms with Crippen LogP contribution in [0.3, 0.4) is 0 Å². The maximum absolute atomic E-state index is 13.7. The van der Waals surface area contributed by atoms with Crippen LogP contribution in [0, 0.1) is 17.1 Å². The van der Waals surface area contributed by atoms with E-state index in [-0.39, 0.29) is 17.8 Å². The number of nitrogens with one attached hydrogen (secondary N) is 1. The number of anilines is 1. The number of hydrogen-bond donors (Lipinski definition) is 2. The number of hydrogen-bond acceptors (Lipinski definition) is 5. The molecule has 0 saturated carbocycles. The Balaban J connectivity index is 0.00000100. The Bertz CT molecular complexity index is 792. The number of aromatic nitrogens is 2. The second-order valence-electron chi connectivity index (χ2n) is 5.29. The van der Waals surface area contributed by atoms with Gasteiger partial charge in [-0.05, 0) is 24.5 Å². The van der Waals surface area contributed by atoms with Crippen LogP contribution in [-0.4, -0.2) is 35.3 Å². The third kappa shape index (κ3) is 3.78. The normalized spacial score (nSPS) is 13.2. The number of aliphatic hydroxyl groups is 1. The van der Waals surface area contributed by atoms with Gasteiger partial charge >= 0.3 is 0 Å². The van der Waals surface area contributed by atoms with Gasteiger partial charge in [0.15, 0.2) is 11.4 Å². The summed E-state index contributed by atoms with van der Waals surface area (Å²) in [5, 5.41) is 16.2. The van der Waals surface area contributed by atoms with Crippen molar-refractivity contribution in [1.82, 2.24) is 9.97 Å². The summed E-state index contributed by atoms with van der Waals surface area (Å²) in [6, 6.07) is 8.30. The van der Waals surface area contributed by atoms with Crippen molar-refractivity contribution in [2.45, 2.75) is 19.3 Å². The van der Waals surface area contributed by atoms with E-state index in [4.69, 9.17) is 5.11 Å². The van der Waals surface area contributed by atoms with Crippen molar-refractivity contribution in [1.29, 1.82) is 5.26 Å². The molecule has 0 spiro atoms. The predicted octanol–water partition coefficient (Wildman–Crippen LogP) is 1.58. The van der Waals surface area contributed by atoms with E-state index in [1.54, 1.807) is 18.2 Å². The van der Waals surface area contributed by atoms with E-state index in [9.17, 15) is 14.4 Å². The molecule has 3 rings (SSSR count). The van der Waals surface area contributed by atoms with Gasteiger partial charge in [-0.2, -0.15) is 5.26 Å². The maximum atomic E-state index is 13.7. The average Bonchev–Trinajstić information content (AvgIpc) is 3.13. The molecule has 126 valence electrons. The molecule has 1 aliphatic heterocycles. The van der Waals surface area contributed by atoms with Crippen LogP contribution in [0.5, 0.6) is 0 Å². The van der Waals surface area contributed by atoms with Crippen LogP contribution in [0.15, 0.2) is 29.1 Å². The van der Waals surface area contributed by atoms with Crippen LogP contribution in [0.25, 0.3) is 0 Å².